The van der Waals surface area contributed by atoms with Gasteiger partial charge in [-0.3, -0.25) is 0 Å². The van der Waals surface area contributed by atoms with E-state index in [0.717, 1.165) is 24.0 Å². The third-order valence-corrected chi connectivity index (χ3v) is 6.96. The molecule has 0 heterocycles. The van der Waals surface area contributed by atoms with Gasteiger partial charge in [-0.25, -0.2) is 4.39 Å². The average Bonchev–Trinajstić information content (AvgIpc) is 2.94. The summed E-state index contributed by atoms with van der Waals surface area (Å²) in [4.78, 5) is 0. The highest BCUT2D eigenvalue weighted by molar-refractivity contribution is 5.49. The van der Waals surface area contributed by atoms with Crippen molar-refractivity contribution in [3.63, 3.8) is 0 Å². The third kappa shape index (κ3) is 11.0. The quantitative estimate of drug-likeness (QED) is 0.160. The maximum atomic E-state index is 14.7. The van der Waals surface area contributed by atoms with E-state index in [9.17, 15) is 4.39 Å². The standard InChI is InChI=1S/C37H43F/c1-3-5-7-9-10-11-13-15-32-16-20-33(21-17-32)24-25-35-27-29-36(37(38)30-35)28-26-34-22-18-31(19-23-34)14-12-8-6-4-2/h16-23,27,29-30H,3-15H2,1-2H3. The van der Waals surface area contributed by atoms with E-state index in [0.29, 0.717) is 11.1 Å². The average molecular weight is 507 g/mol. The number of benzene rings is 3. The van der Waals surface area contributed by atoms with Crippen molar-refractivity contribution in [1.29, 1.82) is 0 Å². The fraction of sp³-hybridized carbons (Fsp3) is 0.405. The van der Waals surface area contributed by atoms with Gasteiger partial charge in [-0.2, -0.15) is 0 Å². The summed E-state index contributed by atoms with van der Waals surface area (Å²) in [6.45, 7) is 4.49. The maximum absolute atomic E-state index is 14.7. The molecular weight excluding hydrogens is 463 g/mol. The molecule has 0 atom stereocenters. The van der Waals surface area contributed by atoms with Crippen molar-refractivity contribution in [3.05, 3.63) is 106 Å². The Hall–Kier alpha value is -3.29. The predicted molar refractivity (Wildman–Crippen MR) is 161 cm³/mol. The minimum Gasteiger partial charge on any atom is -0.206 e. The predicted octanol–water partition coefficient (Wildman–Crippen LogP) is 10.0. The monoisotopic (exact) mass is 506 g/mol. The van der Waals surface area contributed by atoms with Crippen LogP contribution in [0.3, 0.4) is 0 Å². The SMILES string of the molecule is CCCCCCCCCc1ccc(C#Cc2ccc(C#Cc3ccc(CCCCCC)cc3)c(F)c2)cc1. The molecule has 0 saturated carbocycles. The highest BCUT2D eigenvalue weighted by atomic mass is 19.1. The highest BCUT2D eigenvalue weighted by Gasteiger charge is 2.01. The van der Waals surface area contributed by atoms with Crippen LogP contribution in [0.1, 0.15) is 118 Å². The normalized spacial score (nSPS) is 10.4. The number of rotatable bonds is 13. The van der Waals surface area contributed by atoms with Gasteiger partial charge in [0.15, 0.2) is 0 Å². The van der Waals surface area contributed by atoms with Crippen molar-refractivity contribution < 1.29 is 4.39 Å². The van der Waals surface area contributed by atoms with Crippen LogP contribution in [0.15, 0.2) is 66.7 Å². The van der Waals surface area contributed by atoms with Crippen LogP contribution in [-0.4, -0.2) is 0 Å². The lowest BCUT2D eigenvalue weighted by Crippen LogP contribution is -1.88. The lowest BCUT2D eigenvalue weighted by molar-refractivity contribution is 0.589. The summed E-state index contributed by atoms with van der Waals surface area (Å²) in [7, 11) is 0. The molecule has 3 aromatic carbocycles. The Morgan fingerprint density at radius 3 is 1.42 bits per heavy atom. The lowest BCUT2D eigenvalue weighted by atomic mass is 10.0. The molecule has 0 aliphatic rings. The molecule has 198 valence electrons. The van der Waals surface area contributed by atoms with Crippen molar-refractivity contribution in [2.45, 2.75) is 97.3 Å². The Kier molecular flexibility index (Phi) is 13.3. The third-order valence-electron chi connectivity index (χ3n) is 6.96. The molecule has 0 spiro atoms. The zero-order chi connectivity index (χ0) is 26.8. The van der Waals surface area contributed by atoms with E-state index in [-0.39, 0.29) is 5.82 Å². The number of halogens is 1. The molecule has 0 unspecified atom stereocenters. The van der Waals surface area contributed by atoms with Crippen molar-refractivity contribution in [2.75, 3.05) is 0 Å². The summed E-state index contributed by atoms with van der Waals surface area (Å²) in [5.41, 5.74) is 5.61. The minimum atomic E-state index is -0.332. The molecule has 0 radical (unpaired) electrons. The lowest BCUT2D eigenvalue weighted by Gasteiger charge is -2.02. The first-order chi connectivity index (χ1) is 18.7. The van der Waals surface area contributed by atoms with E-state index in [1.54, 1.807) is 6.07 Å². The fourth-order valence-corrected chi connectivity index (χ4v) is 4.53. The second-order valence-electron chi connectivity index (χ2n) is 10.3. The Morgan fingerprint density at radius 2 is 0.895 bits per heavy atom. The Morgan fingerprint density at radius 1 is 0.474 bits per heavy atom. The first-order valence-corrected chi connectivity index (χ1v) is 14.7. The topological polar surface area (TPSA) is 0 Å². The summed E-state index contributed by atoms with van der Waals surface area (Å²) in [5, 5.41) is 0. The molecule has 1 heteroatoms. The summed E-state index contributed by atoms with van der Waals surface area (Å²) in [5.74, 6) is 12.0. The second kappa shape index (κ2) is 17.3. The van der Waals surface area contributed by atoms with Gasteiger partial charge in [0, 0.05) is 16.7 Å². The van der Waals surface area contributed by atoms with Crippen LogP contribution in [0, 0.1) is 29.5 Å². The van der Waals surface area contributed by atoms with Gasteiger partial charge < -0.3 is 0 Å². The Bertz CT molecular complexity index is 1210. The van der Waals surface area contributed by atoms with Crippen LogP contribution >= 0.6 is 0 Å². The van der Waals surface area contributed by atoms with Crippen molar-refractivity contribution in [2.24, 2.45) is 0 Å². The fourth-order valence-electron chi connectivity index (χ4n) is 4.53. The molecular formula is C37H43F. The van der Waals surface area contributed by atoms with Crippen LogP contribution in [0.5, 0.6) is 0 Å². The van der Waals surface area contributed by atoms with Crippen LogP contribution < -0.4 is 0 Å². The summed E-state index contributed by atoms with van der Waals surface area (Å²) < 4.78 is 14.7. The van der Waals surface area contributed by atoms with E-state index in [4.69, 9.17) is 0 Å². The molecule has 0 fully saturated rings. The minimum absolute atomic E-state index is 0.332. The zero-order valence-corrected chi connectivity index (χ0v) is 23.4. The molecule has 3 rings (SSSR count). The van der Waals surface area contributed by atoms with E-state index >= 15 is 0 Å². The molecule has 0 saturated heterocycles. The van der Waals surface area contributed by atoms with Gasteiger partial charge in [0.2, 0.25) is 0 Å². The molecule has 0 aliphatic heterocycles. The number of hydrogen-bond acceptors (Lipinski definition) is 0. The molecule has 0 nitrogen and oxygen atoms in total. The largest absolute Gasteiger partial charge is 0.206 e. The molecule has 0 aromatic heterocycles. The van der Waals surface area contributed by atoms with E-state index in [2.05, 4.69) is 73.9 Å². The van der Waals surface area contributed by atoms with Crippen molar-refractivity contribution in [1.82, 2.24) is 0 Å². The summed E-state index contributed by atoms with van der Waals surface area (Å²) >= 11 is 0. The maximum Gasteiger partial charge on any atom is 0.140 e. The first kappa shape index (κ1) is 29.3. The number of hydrogen-bond donors (Lipinski definition) is 0. The van der Waals surface area contributed by atoms with Gasteiger partial charge in [0.05, 0.1) is 5.56 Å². The van der Waals surface area contributed by atoms with Gasteiger partial charge in [-0.15, -0.1) is 0 Å². The van der Waals surface area contributed by atoms with Gasteiger partial charge in [0.1, 0.15) is 5.82 Å². The zero-order valence-electron chi connectivity index (χ0n) is 23.4. The number of unbranched alkanes of at least 4 members (excludes halogenated alkanes) is 9. The van der Waals surface area contributed by atoms with E-state index < -0.39 is 0 Å². The molecule has 3 aromatic rings. The first-order valence-electron chi connectivity index (χ1n) is 14.7. The van der Waals surface area contributed by atoms with Crippen LogP contribution in [0.25, 0.3) is 0 Å². The van der Waals surface area contributed by atoms with Crippen molar-refractivity contribution in [3.8, 4) is 23.7 Å². The van der Waals surface area contributed by atoms with E-state index in [1.807, 2.05) is 18.2 Å². The van der Waals surface area contributed by atoms with Gasteiger partial charge >= 0.3 is 0 Å². The highest BCUT2D eigenvalue weighted by Crippen LogP contribution is 2.13. The smallest absolute Gasteiger partial charge is 0.140 e. The van der Waals surface area contributed by atoms with Gasteiger partial charge in [-0.05, 0) is 79.3 Å². The molecule has 0 amide bonds. The summed E-state index contributed by atoms with van der Waals surface area (Å²) in [6, 6.07) is 21.8. The molecule has 38 heavy (non-hydrogen) atoms. The van der Waals surface area contributed by atoms with Crippen LogP contribution in [0.2, 0.25) is 0 Å². The summed E-state index contributed by atoms with van der Waals surface area (Å²) in [6.07, 6.45) is 16.6. The van der Waals surface area contributed by atoms with Gasteiger partial charge in [0.25, 0.3) is 0 Å². The van der Waals surface area contributed by atoms with Crippen LogP contribution in [0.4, 0.5) is 4.39 Å². The Labute approximate surface area is 231 Å². The van der Waals surface area contributed by atoms with Crippen LogP contribution in [-0.2, 0) is 12.8 Å². The molecule has 0 N–H and O–H groups in total. The van der Waals surface area contributed by atoms with Gasteiger partial charge in [-0.1, -0.05) is 120 Å². The van der Waals surface area contributed by atoms with E-state index in [1.165, 1.54) is 87.8 Å². The second-order valence-corrected chi connectivity index (χ2v) is 10.3. The Balaban J connectivity index is 1.49. The number of aryl methyl sites for hydroxylation is 2. The molecule has 0 aliphatic carbocycles. The molecule has 0 bridgehead atoms. The van der Waals surface area contributed by atoms with Crippen molar-refractivity contribution >= 4 is 0 Å².